The van der Waals surface area contributed by atoms with E-state index in [4.69, 9.17) is 0 Å². The minimum atomic E-state index is -0.618. The minimum Gasteiger partial charge on any atom is -0.508 e. The number of aliphatic hydroxyl groups excluding tert-OH is 1. The van der Waals surface area contributed by atoms with Crippen molar-refractivity contribution in [2.45, 2.75) is 32.0 Å². The van der Waals surface area contributed by atoms with E-state index in [1.807, 2.05) is 18.3 Å². The third-order valence-corrected chi connectivity index (χ3v) is 4.57. The SMILES string of the molecule is Cc1cc(C(=O)N[C@@H]2CCN(Cc3cccnc3)C[C@H]2O)ccc1O. The highest BCUT2D eigenvalue weighted by Crippen LogP contribution is 2.18. The maximum atomic E-state index is 12.4. The number of piperidine rings is 1. The van der Waals surface area contributed by atoms with Crippen LogP contribution >= 0.6 is 0 Å². The van der Waals surface area contributed by atoms with E-state index in [1.54, 1.807) is 25.3 Å². The zero-order valence-electron chi connectivity index (χ0n) is 14.2. The number of aromatic hydroxyl groups is 1. The molecule has 1 aliphatic rings. The Balaban J connectivity index is 1.56. The second kappa shape index (κ2) is 7.63. The fourth-order valence-corrected chi connectivity index (χ4v) is 3.11. The van der Waals surface area contributed by atoms with Gasteiger partial charge >= 0.3 is 0 Å². The number of carbonyl (C=O) groups excluding carboxylic acids is 1. The molecule has 1 aliphatic heterocycles. The van der Waals surface area contributed by atoms with E-state index in [9.17, 15) is 15.0 Å². The molecule has 0 radical (unpaired) electrons. The molecular weight excluding hydrogens is 318 g/mol. The molecule has 2 aromatic rings. The number of carbonyl (C=O) groups is 1. The molecule has 1 amide bonds. The van der Waals surface area contributed by atoms with Crippen LogP contribution in [0.25, 0.3) is 0 Å². The Kier molecular flexibility index (Phi) is 5.31. The quantitative estimate of drug-likeness (QED) is 0.784. The van der Waals surface area contributed by atoms with Crippen LogP contribution in [0.2, 0.25) is 0 Å². The van der Waals surface area contributed by atoms with Crippen LogP contribution in [0.15, 0.2) is 42.7 Å². The second-order valence-electron chi connectivity index (χ2n) is 6.53. The number of aliphatic hydroxyl groups is 1. The van der Waals surface area contributed by atoms with Crippen molar-refractivity contribution in [1.82, 2.24) is 15.2 Å². The third kappa shape index (κ3) is 4.35. The Hall–Kier alpha value is -2.44. The van der Waals surface area contributed by atoms with Gasteiger partial charge in [-0.1, -0.05) is 6.07 Å². The summed E-state index contributed by atoms with van der Waals surface area (Å²) in [6.45, 7) is 3.79. The summed E-state index contributed by atoms with van der Waals surface area (Å²) in [4.78, 5) is 18.6. The number of phenolic OH excluding ortho intramolecular Hbond substituents is 1. The highest BCUT2D eigenvalue weighted by atomic mass is 16.3. The number of phenols is 1. The molecule has 0 bridgehead atoms. The third-order valence-electron chi connectivity index (χ3n) is 4.57. The Bertz CT molecular complexity index is 736. The van der Waals surface area contributed by atoms with Crippen LogP contribution < -0.4 is 5.32 Å². The number of nitrogens with one attached hydrogen (secondary N) is 1. The van der Waals surface area contributed by atoms with E-state index in [0.29, 0.717) is 24.1 Å². The number of hydrogen-bond donors (Lipinski definition) is 3. The summed E-state index contributed by atoms with van der Waals surface area (Å²) < 4.78 is 0. The van der Waals surface area contributed by atoms with Gasteiger partial charge in [0, 0.05) is 37.6 Å². The molecule has 132 valence electrons. The molecule has 1 fully saturated rings. The monoisotopic (exact) mass is 341 g/mol. The molecule has 2 atom stereocenters. The molecule has 0 unspecified atom stereocenters. The van der Waals surface area contributed by atoms with Crippen molar-refractivity contribution in [2.75, 3.05) is 13.1 Å². The fraction of sp³-hybridized carbons (Fsp3) is 0.368. The Labute approximate surface area is 147 Å². The van der Waals surface area contributed by atoms with Crippen molar-refractivity contribution in [3.8, 4) is 5.75 Å². The van der Waals surface area contributed by atoms with Crippen molar-refractivity contribution in [3.05, 3.63) is 59.4 Å². The predicted molar refractivity (Wildman–Crippen MR) is 94.2 cm³/mol. The fourth-order valence-electron chi connectivity index (χ4n) is 3.11. The Morgan fingerprint density at radius 1 is 1.40 bits per heavy atom. The average Bonchev–Trinajstić information content (AvgIpc) is 2.60. The minimum absolute atomic E-state index is 0.167. The standard InChI is InChI=1S/C19H23N3O3/c1-13-9-15(4-5-17(13)23)19(25)21-16-6-8-22(12-18(16)24)11-14-3-2-7-20-10-14/h2-5,7,9-10,16,18,23-24H,6,8,11-12H2,1H3,(H,21,25)/t16-,18-/m1/s1. The van der Waals surface area contributed by atoms with Crippen molar-refractivity contribution in [3.63, 3.8) is 0 Å². The second-order valence-corrected chi connectivity index (χ2v) is 6.53. The molecule has 1 saturated heterocycles. The Morgan fingerprint density at radius 3 is 2.92 bits per heavy atom. The lowest BCUT2D eigenvalue weighted by Gasteiger charge is -2.36. The van der Waals surface area contributed by atoms with Gasteiger partial charge in [-0.05, 0) is 48.7 Å². The number of benzene rings is 1. The molecule has 2 heterocycles. The van der Waals surface area contributed by atoms with Gasteiger partial charge in [-0.15, -0.1) is 0 Å². The summed E-state index contributed by atoms with van der Waals surface area (Å²) in [5.41, 5.74) is 2.25. The molecule has 3 N–H and O–H groups in total. The first-order valence-corrected chi connectivity index (χ1v) is 8.43. The first-order valence-electron chi connectivity index (χ1n) is 8.43. The Morgan fingerprint density at radius 2 is 2.24 bits per heavy atom. The van der Waals surface area contributed by atoms with E-state index >= 15 is 0 Å². The lowest BCUT2D eigenvalue weighted by atomic mass is 10.0. The number of aryl methyl sites for hydroxylation is 1. The van der Waals surface area contributed by atoms with Crippen molar-refractivity contribution >= 4 is 5.91 Å². The summed E-state index contributed by atoms with van der Waals surface area (Å²) in [5, 5.41) is 22.9. The molecule has 6 heteroatoms. The molecule has 0 saturated carbocycles. The van der Waals surface area contributed by atoms with Gasteiger partial charge in [0.1, 0.15) is 5.75 Å². The highest BCUT2D eigenvalue weighted by molar-refractivity contribution is 5.94. The van der Waals surface area contributed by atoms with Gasteiger partial charge in [0.2, 0.25) is 0 Å². The van der Waals surface area contributed by atoms with Crippen LogP contribution in [0.5, 0.6) is 5.75 Å². The zero-order valence-corrected chi connectivity index (χ0v) is 14.2. The van der Waals surface area contributed by atoms with E-state index < -0.39 is 6.10 Å². The number of nitrogens with zero attached hydrogens (tertiary/aromatic N) is 2. The van der Waals surface area contributed by atoms with Gasteiger partial charge in [-0.2, -0.15) is 0 Å². The summed E-state index contributed by atoms with van der Waals surface area (Å²) in [7, 11) is 0. The molecule has 0 spiro atoms. The van der Waals surface area contributed by atoms with Crippen molar-refractivity contribution < 1.29 is 15.0 Å². The summed E-state index contributed by atoms with van der Waals surface area (Å²) in [5.74, 6) is -0.0619. The van der Waals surface area contributed by atoms with Crippen LogP contribution in [0.4, 0.5) is 0 Å². The summed E-state index contributed by atoms with van der Waals surface area (Å²) in [6.07, 6.45) is 3.63. The van der Waals surface area contributed by atoms with Crippen LogP contribution in [-0.4, -0.2) is 51.2 Å². The lowest BCUT2D eigenvalue weighted by Crippen LogP contribution is -2.53. The lowest BCUT2D eigenvalue weighted by molar-refractivity contribution is 0.0349. The van der Waals surface area contributed by atoms with E-state index in [-0.39, 0.29) is 17.7 Å². The molecule has 6 nitrogen and oxygen atoms in total. The molecule has 25 heavy (non-hydrogen) atoms. The predicted octanol–water partition coefficient (Wildman–Crippen LogP) is 1.46. The van der Waals surface area contributed by atoms with Gasteiger partial charge in [-0.3, -0.25) is 14.7 Å². The first-order chi connectivity index (χ1) is 12.0. The van der Waals surface area contributed by atoms with Crippen LogP contribution in [0, 0.1) is 6.92 Å². The van der Waals surface area contributed by atoms with Gasteiger partial charge < -0.3 is 15.5 Å². The maximum absolute atomic E-state index is 12.4. The van der Waals surface area contributed by atoms with Gasteiger partial charge in [-0.25, -0.2) is 0 Å². The molecule has 1 aromatic heterocycles. The topological polar surface area (TPSA) is 85.7 Å². The van der Waals surface area contributed by atoms with E-state index in [2.05, 4.69) is 15.2 Å². The highest BCUT2D eigenvalue weighted by Gasteiger charge is 2.29. The van der Waals surface area contributed by atoms with Gasteiger partial charge in [0.25, 0.3) is 5.91 Å². The number of likely N-dealkylation sites (tertiary alicyclic amines) is 1. The van der Waals surface area contributed by atoms with Crippen molar-refractivity contribution in [1.29, 1.82) is 0 Å². The number of rotatable bonds is 4. The van der Waals surface area contributed by atoms with Gasteiger partial charge in [0.15, 0.2) is 0 Å². The zero-order chi connectivity index (χ0) is 17.8. The number of amides is 1. The maximum Gasteiger partial charge on any atom is 0.251 e. The molecule has 1 aromatic carbocycles. The van der Waals surface area contributed by atoms with Crippen molar-refractivity contribution in [2.24, 2.45) is 0 Å². The number of aromatic nitrogens is 1. The van der Waals surface area contributed by atoms with Gasteiger partial charge in [0.05, 0.1) is 12.1 Å². The number of pyridine rings is 1. The van der Waals surface area contributed by atoms with Crippen LogP contribution in [0.3, 0.4) is 0 Å². The molecule has 3 rings (SSSR count). The molecular formula is C19H23N3O3. The normalized spacial score (nSPS) is 21.0. The average molecular weight is 341 g/mol. The summed E-state index contributed by atoms with van der Waals surface area (Å²) >= 11 is 0. The first kappa shape index (κ1) is 17.4. The van der Waals surface area contributed by atoms with Crippen LogP contribution in [0.1, 0.15) is 27.9 Å². The molecule has 0 aliphatic carbocycles. The smallest absolute Gasteiger partial charge is 0.251 e. The number of β-amino-alcohol motifs (C(OH)–C–C–N with tert-alkyl or cyclic N) is 1. The van der Waals surface area contributed by atoms with E-state index in [1.165, 1.54) is 6.07 Å². The summed E-state index contributed by atoms with van der Waals surface area (Å²) in [6, 6.07) is 8.39. The van der Waals surface area contributed by atoms with Crippen LogP contribution in [-0.2, 0) is 6.54 Å². The number of hydrogen-bond acceptors (Lipinski definition) is 5. The van der Waals surface area contributed by atoms with E-state index in [0.717, 1.165) is 18.7 Å². The largest absolute Gasteiger partial charge is 0.508 e.